The summed E-state index contributed by atoms with van der Waals surface area (Å²) in [5, 5.41) is 10.4. The fourth-order valence-electron chi connectivity index (χ4n) is 2.69. The predicted octanol–water partition coefficient (Wildman–Crippen LogP) is 3.93. The zero-order chi connectivity index (χ0) is 22.0. The van der Waals surface area contributed by atoms with Gasteiger partial charge in [-0.25, -0.2) is 4.98 Å². The Balaban J connectivity index is 2.97. The van der Waals surface area contributed by atoms with E-state index in [1.54, 1.807) is 17.6 Å². The standard InChI is InChI=1S/C19H25F3N4O2S/c1-4-5-12(2)17(27)16(7-6-14-9-24-11-26-14)29-13(3)15(8-23)18(28)25-10-19(20,21)22/h9,11-12,16H,4-7,10H2,1-3H3,(H,24,26)(H,25,28)/b15-13-. The van der Waals surface area contributed by atoms with Gasteiger partial charge in [-0.2, -0.15) is 18.4 Å². The van der Waals surface area contributed by atoms with Crippen molar-refractivity contribution in [1.82, 2.24) is 15.3 Å². The maximum absolute atomic E-state index is 12.9. The normalized spacial score (nSPS) is 14.5. The fourth-order valence-corrected chi connectivity index (χ4v) is 3.96. The number of aromatic nitrogens is 2. The highest BCUT2D eigenvalue weighted by molar-refractivity contribution is 8.04. The van der Waals surface area contributed by atoms with Crippen LogP contribution >= 0.6 is 11.8 Å². The lowest BCUT2D eigenvalue weighted by Gasteiger charge is -2.20. The molecule has 0 aliphatic carbocycles. The zero-order valence-electron chi connectivity index (χ0n) is 16.6. The van der Waals surface area contributed by atoms with Crippen molar-refractivity contribution in [2.24, 2.45) is 5.92 Å². The number of amides is 1. The number of ketones is 1. The molecule has 1 rings (SSSR count). The van der Waals surface area contributed by atoms with Gasteiger partial charge in [-0.1, -0.05) is 20.3 Å². The Morgan fingerprint density at radius 3 is 2.59 bits per heavy atom. The topological polar surface area (TPSA) is 98.6 Å². The lowest BCUT2D eigenvalue weighted by molar-refractivity contribution is -0.136. The van der Waals surface area contributed by atoms with Crippen LogP contribution in [0.5, 0.6) is 0 Å². The zero-order valence-corrected chi connectivity index (χ0v) is 17.4. The van der Waals surface area contributed by atoms with Crippen LogP contribution in [-0.4, -0.2) is 39.6 Å². The second-order valence-corrected chi connectivity index (χ2v) is 8.07. The second-order valence-electron chi connectivity index (χ2n) is 6.65. The van der Waals surface area contributed by atoms with E-state index in [9.17, 15) is 28.0 Å². The number of hydrogen-bond donors (Lipinski definition) is 2. The smallest absolute Gasteiger partial charge is 0.348 e. The quantitative estimate of drug-likeness (QED) is 0.409. The molecular weight excluding hydrogens is 405 g/mol. The molecule has 2 unspecified atom stereocenters. The van der Waals surface area contributed by atoms with Gasteiger partial charge >= 0.3 is 6.18 Å². The van der Waals surface area contributed by atoms with Crippen molar-refractivity contribution in [3.8, 4) is 6.07 Å². The fraction of sp³-hybridized carbons (Fsp3) is 0.579. The number of halogens is 3. The first-order valence-corrected chi connectivity index (χ1v) is 10.1. The monoisotopic (exact) mass is 430 g/mol. The number of nitrogens with one attached hydrogen (secondary N) is 2. The molecule has 1 heterocycles. The van der Waals surface area contributed by atoms with E-state index >= 15 is 0 Å². The average Bonchev–Trinajstić information content (AvgIpc) is 3.16. The summed E-state index contributed by atoms with van der Waals surface area (Å²) in [4.78, 5) is 32.0. The van der Waals surface area contributed by atoms with Crippen LogP contribution in [0.2, 0.25) is 0 Å². The van der Waals surface area contributed by atoms with Gasteiger partial charge in [0.05, 0.1) is 11.6 Å². The summed E-state index contributed by atoms with van der Waals surface area (Å²) in [6.07, 6.45) is 1.13. The van der Waals surface area contributed by atoms with Crippen molar-refractivity contribution in [3.05, 3.63) is 28.7 Å². The van der Waals surface area contributed by atoms with E-state index in [0.29, 0.717) is 19.3 Å². The minimum Gasteiger partial charge on any atom is -0.348 e. The number of allylic oxidation sites excluding steroid dienone is 1. The van der Waals surface area contributed by atoms with Crippen molar-refractivity contribution in [2.75, 3.05) is 6.54 Å². The average molecular weight is 430 g/mol. The van der Waals surface area contributed by atoms with E-state index in [1.807, 2.05) is 13.8 Å². The summed E-state index contributed by atoms with van der Waals surface area (Å²) in [5.41, 5.74) is 0.429. The van der Waals surface area contributed by atoms with E-state index in [0.717, 1.165) is 23.9 Å². The molecule has 29 heavy (non-hydrogen) atoms. The number of aromatic amines is 1. The van der Waals surface area contributed by atoms with Crippen molar-refractivity contribution in [2.45, 2.75) is 57.9 Å². The maximum Gasteiger partial charge on any atom is 0.405 e. The lowest BCUT2D eigenvalue weighted by Crippen LogP contribution is -2.34. The lowest BCUT2D eigenvalue weighted by atomic mass is 9.96. The Morgan fingerprint density at radius 2 is 2.07 bits per heavy atom. The van der Waals surface area contributed by atoms with Crippen LogP contribution in [0, 0.1) is 17.2 Å². The number of alkyl halides is 3. The molecule has 160 valence electrons. The third-order valence-electron chi connectivity index (χ3n) is 4.21. The molecule has 0 aliphatic heterocycles. The van der Waals surface area contributed by atoms with Crippen molar-refractivity contribution < 1.29 is 22.8 Å². The van der Waals surface area contributed by atoms with Crippen molar-refractivity contribution in [1.29, 1.82) is 5.26 Å². The minimum atomic E-state index is -4.57. The van der Waals surface area contributed by atoms with Crippen molar-refractivity contribution in [3.63, 3.8) is 0 Å². The molecule has 6 nitrogen and oxygen atoms in total. The molecule has 0 aliphatic rings. The molecule has 0 spiro atoms. The van der Waals surface area contributed by atoms with Gasteiger partial charge in [0, 0.05) is 22.7 Å². The molecule has 2 N–H and O–H groups in total. The number of nitriles is 1. The summed E-state index contributed by atoms with van der Waals surface area (Å²) >= 11 is 1.05. The van der Waals surface area contributed by atoms with E-state index in [2.05, 4.69) is 9.97 Å². The number of hydrogen-bond acceptors (Lipinski definition) is 5. The minimum absolute atomic E-state index is 0.0105. The highest BCUT2D eigenvalue weighted by Gasteiger charge is 2.30. The highest BCUT2D eigenvalue weighted by atomic mass is 32.2. The predicted molar refractivity (Wildman–Crippen MR) is 105 cm³/mol. The second kappa shape index (κ2) is 11.7. The number of thioether (sulfide) groups is 1. The number of aryl methyl sites for hydroxylation is 1. The SMILES string of the molecule is CCCC(C)C(=O)C(CCc1cnc[nH]1)S/C(C)=C(/C#N)C(=O)NCC(F)(F)F. The van der Waals surface area contributed by atoms with Crippen LogP contribution in [0.3, 0.4) is 0 Å². The first-order valence-electron chi connectivity index (χ1n) is 9.22. The molecule has 10 heteroatoms. The van der Waals surface area contributed by atoms with Crippen molar-refractivity contribution >= 4 is 23.5 Å². The van der Waals surface area contributed by atoms with Gasteiger partial charge in [0.1, 0.15) is 24.0 Å². The summed E-state index contributed by atoms with van der Waals surface area (Å²) in [5.74, 6) is -1.31. The number of carbonyl (C=O) groups is 2. The highest BCUT2D eigenvalue weighted by Crippen LogP contribution is 2.31. The number of Topliss-reactive ketones (excluding diaryl/α,β-unsaturated/α-hetero) is 1. The van der Waals surface area contributed by atoms with Gasteiger partial charge in [-0.15, -0.1) is 11.8 Å². The molecule has 0 radical (unpaired) electrons. The van der Waals surface area contributed by atoms with Crippen LogP contribution in [-0.2, 0) is 16.0 Å². The van der Waals surface area contributed by atoms with Crippen LogP contribution in [0.1, 0.15) is 45.7 Å². The summed E-state index contributed by atoms with van der Waals surface area (Å²) in [6.45, 7) is 3.75. The van der Waals surface area contributed by atoms with Gasteiger partial charge in [0.15, 0.2) is 0 Å². The summed E-state index contributed by atoms with van der Waals surface area (Å²) in [6, 6.07) is 1.66. The molecule has 0 saturated carbocycles. The number of nitrogens with zero attached hydrogens (tertiary/aromatic N) is 2. The van der Waals surface area contributed by atoms with Gasteiger partial charge in [-0.05, 0) is 26.2 Å². The van der Waals surface area contributed by atoms with Gasteiger partial charge < -0.3 is 10.3 Å². The third kappa shape index (κ3) is 8.73. The summed E-state index contributed by atoms with van der Waals surface area (Å²) < 4.78 is 37.0. The van der Waals surface area contributed by atoms with E-state index < -0.39 is 29.5 Å². The van der Waals surface area contributed by atoms with Gasteiger partial charge in [0.2, 0.25) is 0 Å². The van der Waals surface area contributed by atoms with E-state index in [1.165, 1.54) is 13.3 Å². The van der Waals surface area contributed by atoms with Crippen LogP contribution in [0.15, 0.2) is 23.0 Å². The Bertz CT molecular complexity index is 754. The Labute approximate surface area is 172 Å². The summed E-state index contributed by atoms with van der Waals surface area (Å²) in [7, 11) is 0. The number of rotatable bonds is 11. The molecule has 0 bridgehead atoms. The van der Waals surface area contributed by atoms with E-state index in [-0.39, 0.29) is 16.6 Å². The molecule has 1 amide bonds. The molecular formula is C19H25F3N4O2S. The number of H-pyrrole nitrogens is 1. The number of imidazole rings is 1. The Kier molecular flexibility index (Phi) is 9.95. The van der Waals surface area contributed by atoms with Crippen LogP contribution in [0.25, 0.3) is 0 Å². The number of carbonyl (C=O) groups excluding carboxylic acids is 2. The molecule has 0 aromatic carbocycles. The van der Waals surface area contributed by atoms with Crippen LogP contribution < -0.4 is 5.32 Å². The first-order chi connectivity index (χ1) is 13.6. The Morgan fingerprint density at radius 1 is 1.38 bits per heavy atom. The van der Waals surface area contributed by atoms with Gasteiger partial charge in [-0.3, -0.25) is 9.59 Å². The molecule has 1 aromatic heterocycles. The Hall–Kier alpha value is -2.28. The molecule has 0 saturated heterocycles. The molecule has 2 atom stereocenters. The van der Waals surface area contributed by atoms with Gasteiger partial charge in [0.25, 0.3) is 5.91 Å². The van der Waals surface area contributed by atoms with Crippen LogP contribution in [0.4, 0.5) is 13.2 Å². The first kappa shape index (κ1) is 24.8. The largest absolute Gasteiger partial charge is 0.405 e. The third-order valence-corrected chi connectivity index (χ3v) is 5.53. The maximum atomic E-state index is 12.9. The molecule has 0 fully saturated rings. The van der Waals surface area contributed by atoms with E-state index in [4.69, 9.17) is 0 Å². The molecule has 1 aromatic rings.